The number of carbonyl (C=O) groups is 2. The van der Waals surface area contributed by atoms with E-state index in [2.05, 4.69) is 48.5 Å². The molecule has 0 radical (unpaired) electrons. The lowest BCUT2D eigenvalue weighted by molar-refractivity contribution is -0.119. The Labute approximate surface area is 215 Å². The maximum Gasteiger partial charge on any atom is 0.162 e. The monoisotopic (exact) mass is 537 g/mol. The molecule has 5 rings (SSSR count). The number of hydrogen-bond acceptors (Lipinski definition) is 3. The average molecular weight is 539 g/mol. The van der Waals surface area contributed by atoms with Crippen molar-refractivity contribution in [1.29, 1.82) is 0 Å². The van der Waals surface area contributed by atoms with Crippen LogP contribution in [0.4, 0.5) is 5.69 Å². The molecule has 0 saturated carbocycles. The van der Waals surface area contributed by atoms with Crippen LogP contribution < -0.4 is 4.90 Å². The van der Waals surface area contributed by atoms with Crippen LogP contribution in [0.2, 0.25) is 5.02 Å². The molecule has 0 spiro atoms. The summed E-state index contributed by atoms with van der Waals surface area (Å²) in [5.41, 5.74) is 5.26. The van der Waals surface area contributed by atoms with E-state index in [1.165, 1.54) is 0 Å². The van der Waals surface area contributed by atoms with Crippen LogP contribution in [0.1, 0.15) is 64.9 Å². The molecular formula is C29H29BrClNO2. The number of allylic oxidation sites excluding steroid dienone is 4. The Morgan fingerprint density at radius 1 is 0.765 bits per heavy atom. The number of hydrogen-bond donors (Lipinski definition) is 0. The van der Waals surface area contributed by atoms with Gasteiger partial charge in [-0.15, -0.1) is 0 Å². The van der Waals surface area contributed by atoms with E-state index in [0.29, 0.717) is 17.9 Å². The lowest BCUT2D eigenvalue weighted by Gasteiger charge is -2.49. The van der Waals surface area contributed by atoms with Crippen LogP contribution in [0.25, 0.3) is 0 Å². The third kappa shape index (κ3) is 4.09. The highest BCUT2D eigenvalue weighted by molar-refractivity contribution is 9.10. The van der Waals surface area contributed by atoms with Crippen LogP contribution >= 0.6 is 27.5 Å². The van der Waals surface area contributed by atoms with Crippen molar-refractivity contribution in [3.05, 3.63) is 86.1 Å². The highest BCUT2D eigenvalue weighted by atomic mass is 79.9. The van der Waals surface area contributed by atoms with Gasteiger partial charge in [0.15, 0.2) is 11.6 Å². The van der Waals surface area contributed by atoms with Crippen molar-refractivity contribution in [1.82, 2.24) is 0 Å². The molecule has 0 saturated heterocycles. The van der Waals surface area contributed by atoms with Crippen molar-refractivity contribution in [2.75, 3.05) is 4.90 Å². The molecule has 2 aromatic rings. The topological polar surface area (TPSA) is 37.4 Å². The summed E-state index contributed by atoms with van der Waals surface area (Å²) in [5.74, 6) is -0.0431. The lowest BCUT2D eigenvalue weighted by atomic mass is 9.63. The third-order valence-corrected chi connectivity index (χ3v) is 7.98. The minimum atomic E-state index is -0.325. The summed E-state index contributed by atoms with van der Waals surface area (Å²) in [5, 5.41) is 0.664. The molecule has 34 heavy (non-hydrogen) atoms. The summed E-state index contributed by atoms with van der Waals surface area (Å²) < 4.78 is 0.977. The summed E-state index contributed by atoms with van der Waals surface area (Å²) in [6.07, 6.45) is 2.51. The summed E-state index contributed by atoms with van der Waals surface area (Å²) in [6.45, 7) is 8.62. The van der Waals surface area contributed by atoms with Crippen LogP contribution in [-0.4, -0.2) is 11.6 Å². The Morgan fingerprint density at radius 3 is 1.71 bits per heavy atom. The standard InChI is InChI=1S/C29H29BrClNO2/c1-28(2)13-21-26(23(33)15-28)25(17-5-7-18(30)8-6-17)27-22(14-29(3,4)16-24(27)34)32(21)20-11-9-19(31)10-12-20/h5-12,25H,13-16H2,1-4H3. The number of nitrogens with zero attached hydrogens (tertiary/aromatic N) is 1. The molecule has 3 nitrogen and oxygen atoms in total. The minimum Gasteiger partial charge on any atom is -0.317 e. The second kappa shape index (κ2) is 8.20. The molecule has 0 aromatic heterocycles. The zero-order chi connectivity index (χ0) is 24.4. The van der Waals surface area contributed by atoms with Crippen LogP contribution in [0, 0.1) is 10.8 Å². The van der Waals surface area contributed by atoms with E-state index in [0.717, 1.165) is 51.1 Å². The molecular weight excluding hydrogens is 510 g/mol. The normalized spacial score (nSPS) is 22.1. The molecule has 1 heterocycles. The van der Waals surface area contributed by atoms with Crippen molar-refractivity contribution in [3.8, 4) is 0 Å². The van der Waals surface area contributed by atoms with E-state index in [1.807, 2.05) is 48.5 Å². The van der Waals surface area contributed by atoms with Gasteiger partial charge in [0.05, 0.1) is 0 Å². The largest absolute Gasteiger partial charge is 0.317 e. The number of anilines is 1. The van der Waals surface area contributed by atoms with E-state index in [1.54, 1.807) is 0 Å². The molecule has 0 amide bonds. The van der Waals surface area contributed by atoms with E-state index in [4.69, 9.17) is 11.6 Å². The van der Waals surface area contributed by atoms with Gasteiger partial charge in [-0.3, -0.25) is 9.59 Å². The molecule has 2 aliphatic carbocycles. The predicted molar refractivity (Wildman–Crippen MR) is 141 cm³/mol. The van der Waals surface area contributed by atoms with Gasteiger partial charge in [0.1, 0.15) is 0 Å². The van der Waals surface area contributed by atoms with Crippen LogP contribution in [0.3, 0.4) is 0 Å². The first kappa shape index (κ1) is 23.6. The number of halogens is 2. The first-order chi connectivity index (χ1) is 16.0. The molecule has 3 aliphatic rings. The molecule has 176 valence electrons. The molecule has 0 bridgehead atoms. The fraction of sp³-hybridized carbons (Fsp3) is 0.379. The number of ketones is 2. The van der Waals surface area contributed by atoms with E-state index in [9.17, 15) is 9.59 Å². The van der Waals surface area contributed by atoms with E-state index in [-0.39, 0.29) is 28.3 Å². The van der Waals surface area contributed by atoms with Gasteiger partial charge in [0.25, 0.3) is 0 Å². The first-order valence-corrected chi connectivity index (χ1v) is 13.0. The zero-order valence-corrected chi connectivity index (χ0v) is 22.4. The van der Waals surface area contributed by atoms with Gasteiger partial charge in [-0.05, 0) is 65.6 Å². The fourth-order valence-corrected chi connectivity index (χ4v) is 6.25. The maximum absolute atomic E-state index is 13.8. The quantitative estimate of drug-likeness (QED) is 0.389. The second-order valence-corrected chi connectivity index (χ2v) is 12.8. The van der Waals surface area contributed by atoms with Gasteiger partial charge >= 0.3 is 0 Å². The van der Waals surface area contributed by atoms with Gasteiger partial charge in [-0.1, -0.05) is 67.4 Å². The zero-order valence-electron chi connectivity index (χ0n) is 20.0. The second-order valence-electron chi connectivity index (χ2n) is 11.4. The molecule has 1 aliphatic heterocycles. The SMILES string of the molecule is CC1(C)CC(=O)C2=C(C1)N(c1ccc(Cl)cc1)C1=C(C(=O)CC(C)(C)C1)C2c1ccc(Br)cc1. The number of rotatable bonds is 2. The highest BCUT2D eigenvalue weighted by Crippen LogP contribution is 2.55. The number of carbonyl (C=O) groups excluding carboxylic acids is 2. The van der Waals surface area contributed by atoms with Crippen molar-refractivity contribution < 1.29 is 9.59 Å². The Balaban J connectivity index is 1.82. The minimum absolute atomic E-state index is 0.141. The smallest absolute Gasteiger partial charge is 0.162 e. The Morgan fingerprint density at radius 2 is 1.24 bits per heavy atom. The van der Waals surface area contributed by atoms with E-state index < -0.39 is 0 Å². The Hall–Kier alpha value is -2.17. The van der Waals surface area contributed by atoms with Gasteiger partial charge < -0.3 is 4.90 Å². The van der Waals surface area contributed by atoms with Gasteiger partial charge in [0.2, 0.25) is 0 Å². The maximum atomic E-state index is 13.8. The van der Waals surface area contributed by atoms with Crippen LogP contribution in [0.5, 0.6) is 0 Å². The van der Waals surface area contributed by atoms with Crippen LogP contribution in [-0.2, 0) is 9.59 Å². The number of Topliss-reactive ketones (excluding diaryl/α,β-unsaturated/α-hetero) is 2. The molecule has 0 N–H and O–H groups in total. The highest BCUT2D eigenvalue weighted by Gasteiger charge is 2.49. The lowest BCUT2D eigenvalue weighted by Crippen LogP contribution is -2.44. The van der Waals surface area contributed by atoms with Crippen molar-refractivity contribution in [2.45, 2.75) is 59.3 Å². The van der Waals surface area contributed by atoms with Crippen LogP contribution in [0.15, 0.2) is 75.5 Å². The first-order valence-electron chi connectivity index (χ1n) is 11.8. The summed E-state index contributed by atoms with van der Waals surface area (Å²) >= 11 is 9.75. The third-order valence-electron chi connectivity index (χ3n) is 7.20. The van der Waals surface area contributed by atoms with Gasteiger partial charge in [-0.2, -0.15) is 0 Å². The van der Waals surface area contributed by atoms with Crippen molar-refractivity contribution in [2.24, 2.45) is 10.8 Å². The Kier molecular flexibility index (Phi) is 5.69. The van der Waals surface area contributed by atoms with Gasteiger partial charge in [-0.25, -0.2) is 0 Å². The molecule has 5 heteroatoms. The summed E-state index contributed by atoms with van der Waals surface area (Å²) in [7, 11) is 0. The van der Waals surface area contributed by atoms with Gasteiger partial charge in [0, 0.05) is 56.5 Å². The van der Waals surface area contributed by atoms with E-state index >= 15 is 0 Å². The average Bonchev–Trinajstić information content (AvgIpc) is 2.72. The predicted octanol–water partition coefficient (Wildman–Crippen LogP) is 7.99. The molecule has 0 fully saturated rings. The Bertz CT molecular complexity index is 1200. The summed E-state index contributed by atoms with van der Waals surface area (Å²) in [6, 6.07) is 15.8. The van der Waals surface area contributed by atoms with Crippen molar-refractivity contribution >= 4 is 44.8 Å². The number of benzene rings is 2. The molecule has 0 unspecified atom stereocenters. The molecule has 0 atom stereocenters. The summed E-state index contributed by atoms with van der Waals surface area (Å²) in [4.78, 5) is 29.8. The molecule has 2 aromatic carbocycles. The van der Waals surface area contributed by atoms with Crippen molar-refractivity contribution in [3.63, 3.8) is 0 Å². The fourth-order valence-electron chi connectivity index (χ4n) is 5.86.